The zero-order valence-corrected chi connectivity index (χ0v) is 10.0. The van der Waals surface area contributed by atoms with E-state index in [1.54, 1.807) is 12.3 Å². The van der Waals surface area contributed by atoms with Crippen LogP contribution in [0.5, 0.6) is 11.6 Å². The van der Waals surface area contributed by atoms with Gasteiger partial charge in [-0.25, -0.2) is 4.98 Å². The topological polar surface area (TPSA) is 42.4 Å². The average molecular weight is 280 g/mol. The molecule has 2 aromatic rings. The molecule has 0 saturated heterocycles. The molecule has 3 nitrogen and oxygen atoms in total. The van der Waals surface area contributed by atoms with Crippen LogP contribution in [0.2, 0.25) is 0 Å². The third-order valence-electron chi connectivity index (χ3n) is 2.02. The smallest absolute Gasteiger partial charge is 0.233 e. The Hall–Kier alpha value is -1.39. The van der Waals surface area contributed by atoms with Crippen LogP contribution in [-0.2, 0) is 6.61 Å². The summed E-state index contributed by atoms with van der Waals surface area (Å²) in [4.78, 5) is 4.10. The van der Waals surface area contributed by atoms with E-state index in [1.807, 2.05) is 30.3 Å². The summed E-state index contributed by atoms with van der Waals surface area (Å²) in [7, 11) is 0. The van der Waals surface area contributed by atoms with E-state index in [2.05, 4.69) is 20.9 Å². The van der Waals surface area contributed by atoms with Gasteiger partial charge < -0.3 is 9.84 Å². The summed E-state index contributed by atoms with van der Waals surface area (Å²) in [6.45, 7) is 0.000583. The number of aliphatic hydroxyl groups is 1. The van der Waals surface area contributed by atoms with Gasteiger partial charge in [0, 0.05) is 6.20 Å². The number of aliphatic hydroxyl groups excluding tert-OH is 1. The molecule has 1 heterocycles. The van der Waals surface area contributed by atoms with Gasteiger partial charge in [-0.15, -0.1) is 0 Å². The number of rotatable bonds is 3. The van der Waals surface area contributed by atoms with Crippen LogP contribution in [0, 0.1) is 0 Å². The summed E-state index contributed by atoms with van der Waals surface area (Å²) in [5.74, 6) is 1.17. The quantitative estimate of drug-likeness (QED) is 0.939. The zero-order valence-electron chi connectivity index (χ0n) is 8.43. The standard InChI is InChI=1S/C12H10BrNO2/c13-11-5-2-6-14-12(11)16-10-4-1-3-9(7-10)8-15/h1-7,15H,8H2. The highest BCUT2D eigenvalue weighted by Gasteiger charge is 2.03. The summed E-state index contributed by atoms with van der Waals surface area (Å²) >= 11 is 3.35. The normalized spacial score (nSPS) is 10.1. The van der Waals surface area contributed by atoms with Crippen molar-refractivity contribution in [3.8, 4) is 11.6 Å². The van der Waals surface area contributed by atoms with Crippen molar-refractivity contribution in [3.63, 3.8) is 0 Å². The highest BCUT2D eigenvalue weighted by molar-refractivity contribution is 9.10. The van der Waals surface area contributed by atoms with Crippen molar-refractivity contribution >= 4 is 15.9 Å². The van der Waals surface area contributed by atoms with Gasteiger partial charge in [-0.3, -0.25) is 0 Å². The van der Waals surface area contributed by atoms with Crippen LogP contribution in [0.4, 0.5) is 0 Å². The molecule has 0 spiro atoms. The summed E-state index contributed by atoms with van der Waals surface area (Å²) < 4.78 is 6.38. The zero-order chi connectivity index (χ0) is 11.4. The first-order valence-electron chi connectivity index (χ1n) is 4.78. The highest BCUT2D eigenvalue weighted by Crippen LogP contribution is 2.27. The Labute approximate surface area is 102 Å². The van der Waals surface area contributed by atoms with E-state index >= 15 is 0 Å². The summed E-state index contributed by atoms with van der Waals surface area (Å²) in [6.07, 6.45) is 1.66. The molecule has 0 aliphatic heterocycles. The molecule has 0 atom stereocenters. The molecule has 0 unspecified atom stereocenters. The molecule has 0 saturated carbocycles. The number of hydrogen-bond donors (Lipinski definition) is 1. The number of benzene rings is 1. The Morgan fingerprint density at radius 1 is 1.25 bits per heavy atom. The van der Waals surface area contributed by atoms with Crippen LogP contribution in [0.1, 0.15) is 5.56 Å². The van der Waals surface area contributed by atoms with Gasteiger partial charge in [0.25, 0.3) is 0 Å². The van der Waals surface area contributed by atoms with Gasteiger partial charge in [-0.2, -0.15) is 0 Å². The second kappa shape index (κ2) is 5.09. The lowest BCUT2D eigenvalue weighted by Gasteiger charge is -2.06. The van der Waals surface area contributed by atoms with Crippen LogP contribution < -0.4 is 4.74 Å². The molecule has 1 aromatic carbocycles. The van der Waals surface area contributed by atoms with E-state index in [0.29, 0.717) is 11.6 Å². The summed E-state index contributed by atoms with van der Waals surface area (Å²) in [5.41, 5.74) is 0.810. The summed E-state index contributed by atoms with van der Waals surface area (Å²) in [6, 6.07) is 10.9. The van der Waals surface area contributed by atoms with Crippen LogP contribution in [0.3, 0.4) is 0 Å². The molecule has 0 fully saturated rings. The van der Waals surface area contributed by atoms with Crippen LogP contribution in [0.15, 0.2) is 47.1 Å². The van der Waals surface area contributed by atoms with E-state index in [-0.39, 0.29) is 6.61 Å². The Kier molecular flexibility index (Phi) is 3.54. The Morgan fingerprint density at radius 3 is 2.88 bits per heavy atom. The van der Waals surface area contributed by atoms with E-state index in [9.17, 15) is 0 Å². The maximum atomic E-state index is 9.00. The minimum atomic E-state index is 0.000583. The van der Waals surface area contributed by atoms with Gasteiger partial charge in [-0.1, -0.05) is 12.1 Å². The molecule has 0 aliphatic carbocycles. The minimum Gasteiger partial charge on any atom is -0.438 e. The molecule has 0 amide bonds. The lowest BCUT2D eigenvalue weighted by Crippen LogP contribution is -1.90. The number of hydrogen-bond acceptors (Lipinski definition) is 3. The Morgan fingerprint density at radius 2 is 2.12 bits per heavy atom. The number of nitrogens with zero attached hydrogens (tertiary/aromatic N) is 1. The predicted octanol–water partition coefficient (Wildman–Crippen LogP) is 3.13. The van der Waals surface area contributed by atoms with Gasteiger partial charge in [0.1, 0.15) is 5.75 Å². The van der Waals surface area contributed by atoms with E-state index in [1.165, 1.54) is 0 Å². The molecule has 0 bridgehead atoms. The SMILES string of the molecule is OCc1cccc(Oc2ncccc2Br)c1. The number of aromatic nitrogens is 1. The lowest BCUT2D eigenvalue weighted by molar-refractivity contribution is 0.281. The van der Waals surface area contributed by atoms with Crippen molar-refractivity contribution in [1.29, 1.82) is 0 Å². The van der Waals surface area contributed by atoms with E-state index in [4.69, 9.17) is 9.84 Å². The van der Waals surface area contributed by atoms with Crippen LogP contribution >= 0.6 is 15.9 Å². The molecule has 82 valence electrons. The van der Waals surface area contributed by atoms with Gasteiger partial charge in [0.15, 0.2) is 0 Å². The van der Waals surface area contributed by atoms with Crippen LogP contribution in [0.25, 0.3) is 0 Å². The van der Waals surface area contributed by atoms with Crippen molar-refractivity contribution in [1.82, 2.24) is 4.98 Å². The molecule has 2 rings (SSSR count). The van der Waals surface area contributed by atoms with Gasteiger partial charge in [0.2, 0.25) is 5.88 Å². The van der Waals surface area contributed by atoms with Crippen molar-refractivity contribution in [2.24, 2.45) is 0 Å². The lowest BCUT2D eigenvalue weighted by atomic mass is 10.2. The molecular formula is C12H10BrNO2. The molecule has 1 aromatic heterocycles. The molecular weight excluding hydrogens is 270 g/mol. The average Bonchev–Trinajstić information content (AvgIpc) is 2.32. The van der Waals surface area contributed by atoms with E-state index in [0.717, 1.165) is 10.0 Å². The number of halogens is 1. The fraction of sp³-hybridized carbons (Fsp3) is 0.0833. The Balaban J connectivity index is 2.24. The first-order valence-corrected chi connectivity index (χ1v) is 5.57. The maximum absolute atomic E-state index is 9.00. The fourth-order valence-corrected chi connectivity index (χ4v) is 1.60. The third-order valence-corrected chi connectivity index (χ3v) is 2.62. The molecule has 1 N–H and O–H groups in total. The number of ether oxygens (including phenoxy) is 1. The number of pyridine rings is 1. The monoisotopic (exact) mass is 279 g/mol. The third kappa shape index (κ3) is 2.59. The summed E-state index contributed by atoms with van der Waals surface area (Å²) in [5, 5.41) is 9.00. The van der Waals surface area contributed by atoms with Crippen LogP contribution in [-0.4, -0.2) is 10.1 Å². The van der Waals surface area contributed by atoms with Crippen molar-refractivity contribution in [2.45, 2.75) is 6.61 Å². The first kappa shape index (κ1) is 11.1. The first-order chi connectivity index (χ1) is 7.79. The second-order valence-corrected chi connectivity index (χ2v) is 4.05. The fourth-order valence-electron chi connectivity index (χ4n) is 1.27. The molecule has 16 heavy (non-hydrogen) atoms. The Bertz CT molecular complexity index is 488. The van der Waals surface area contributed by atoms with E-state index < -0.39 is 0 Å². The van der Waals surface area contributed by atoms with Crippen molar-refractivity contribution in [2.75, 3.05) is 0 Å². The van der Waals surface area contributed by atoms with Crippen molar-refractivity contribution < 1.29 is 9.84 Å². The van der Waals surface area contributed by atoms with Crippen molar-refractivity contribution in [3.05, 3.63) is 52.6 Å². The van der Waals surface area contributed by atoms with Gasteiger partial charge in [-0.05, 0) is 45.8 Å². The second-order valence-electron chi connectivity index (χ2n) is 3.20. The maximum Gasteiger partial charge on any atom is 0.233 e. The molecule has 4 heteroatoms. The largest absolute Gasteiger partial charge is 0.438 e. The minimum absolute atomic E-state index is 0.000583. The highest BCUT2D eigenvalue weighted by atomic mass is 79.9. The van der Waals surface area contributed by atoms with Gasteiger partial charge >= 0.3 is 0 Å². The molecule has 0 radical (unpaired) electrons. The predicted molar refractivity (Wildman–Crippen MR) is 64.4 cm³/mol. The molecule has 0 aliphatic rings. The van der Waals surface area contributed by atoms with Gasteiger partial charge in [0.05, 0.1) is 11.1 Å².